The summed E-state index contributed by atoms with van der Waals surface area (Å²) < 4.78 is 7.62. The second-order valence-corrected chi connectivity index (χ2v) is 8.34. The highest BCUT2D eigenvalue weighted by atomic mass is 32.1. The molecule has 4 rings (SSSR count). The number of benzene rings is 1. The lowest BCUT2D eigenvalue weighted by Gasteiger charge is -2.26. The van der Waals surface area contributed by atoms with Crippen LogP contribution in [0.5, 0.6) is 0 Å². The predicted octanol–water partition coefficient (Wildman–Crippen LogP) is 3.08. The maximum absolute atomic E-state index is 13.3. The number of hydrogen-bond acceptors (Lipinski definition) is 6. The van der Waals surface area contributed by atoms with Crippen molar-refractivity contribution >= 4 is 27.5 Å². The second kappa shape index (κ2) is 7.42. The Morgan fingerprint density at radius 3 is 2.85 bits per heavy atom. The van der Waals surface area contributed by atoms with Crippen molar-refractivity contribution in [3.05, 3.63) is 56.7 Å². The molecule has 0 aliphatic carbocycles. The van der Waals surface area contributed by atoms with Gasteiger partial charge >= 0.3 is 0 Å². The van der Waals surface area contributed by atoms with E-state index in [0.717, 1.165) is 33.5 Å². The molecule has 142 valence electrons. The third kappa shape index (κ3) is 3.38. The first-order valence-corrected chi connectivity index (χ1v) is 10.1. The van der Waals surface area contributed by atoms with Gasteiger partial charge in [0.25, 0.3) is 5.56 Å². The molecule has 0 radical (unpaired) electrons. The van der Waals surface area contributed by atoms with Crippen molar-refractivity contribution in [1.82, 2.24) is 9.55 Å². The van der Waals surface area contributed by atoms with Gasteiger partial charge in [0.1, 0.15) is 4.83 Å². The number of aromatic nitrogens is 2. The first kappa shape index (κ1) is 18.2. The Hall–Kier alpha value is -2.22. The number of anilines is 1. The van der Waals surface area contributed by atoms with Gasteiger partial charge in [0.15, 0.2) is 0 Å². The van der Waals surface area contributed by atoms with Gasteiger partial charge in [-0.2, -0.15) is 0 Å². The highest BCUT2D eigenvalue weighted by molar-refractivity contribution is 7.18. The Kier molecular flexibility index (Phi) is 4.99. The van der Waals surface area contributed by atoms with Crippen LogP contribution in [0.3, 0.4) is 0 Å². The number of ether oxygens (including phenoxy) is 1. The number of nitrogens with two attached hydrogens (primary N) is 1. The van der Waals surface area contributed by atoms with Gasteiger partial charge in [-0.1, -0.05) is 44.2 Å². The lowest BCUT2D eigenvalue weighted by atomic mass is 9.96. The number of nitrogens with one attached hydrogen (secondary N) is 1. The van der Waals surface area contributed by atoms with Crippen LogP contribution < -0.4 is 16.8 Å². The van der Waals surface area contributed by atoms with Gasteiger partial charge in [0.05, 0.1) is 18.1 Å². The molecule has 0 fully saturated rings. The van der Waals surface area contributed by atoms with E-state index in [1.165, 1.54) is 16.9 Å². The second-order valence-electron chi connectivity index (χ2n) is 7.25. The monoisotopic (exact) mass is 384 g/mol. The number of rotatable bonds is 5. The van der Waals surface area contributed by atoms with E-state index in [-0.39, 0.29) is 11.7 Å². The molecule has 0 spiro atoms. The van der Waals surface area contributed by atoms with Gasteiger partial charge < -0.3 is 4.74 Å². The zero-order chi connectivity index (χ0) is 19.0. The van der Waals surface area contributed by atoms with Gasteiger partial charge in [-0.15, -0.1) is 11.3 Å². The molecular formula is C20H24N4O2S. The van der Waals surface area contributed by atoms with Crippen molar-refractivity contribution in [2.75, 3.05) is 5.43 Å². The Labute approximate surface area is 162 Å². The van der Waals surface area contributed by atoms with Crippen molar-refractivity contribution in [3.63, 3.8) is 0 Å². The largest absolute Gasteiger partial charge is 0.372 e. The Morgan fingerprint density at radius 2 is 2.15 bits per heavy atom. The van der Waals surface area contributed by atoms with Crippen LogP contribution in [-0.2, 0) is 30.7 Å². The summed E-state index contributed by atoms with van der Waals surface area (Å²) in [6.07, 6.45) is 1.64. The number of hydrazine groups is 1. The highest BCUT2D eigenvalue weighted by Crippen LogP contribution is 2.35. The molecule has 2 aromatic heterocycles. The van der Waals surface area contributed by atoms with Gasteiger partial charge in [0.2, 0.25) is 5.95 Å². The summed E-state index contributed by atoms with van der Waals surface area (Å²) in [6.45, 7) is 5.38. The molecule has 6 nitrogen and oxygen atoms in total. The molecule has 1 aliphatic rings. The maximum Gasteiger partial charge on any atom is 0.264 e. The Bertz CT molecular complexity index is 1010. The fourth-order valence-electron chi connectivity index (χ4n) is 3.59. The van der Waals surface area contributed by atoms with Gasteiger partial charge in [0, 0.05) is 17.8 Å². The maximum atomic E-state index is 13.3. The summed E-state index contributed by atoms with van der Waals surface area (Å²) in [4.78, 5) is 19.8. The van der Waals surface area contributed by atoms with Crippen LogP contribution in [0, 0.1) is 5.92 Å². The van der Waals surface area contributed by atoms with E-state index in [1.807, 2.05) is 18.2 Å². The minimum absolute atomic E-state index is 0.0224. The van der Waals surface area contributed by atoms with Crippen LogP contribution in [0.2, 0.25) is 0 Å². The van der Waals surface area contributed by atoms with Crippen molar-refractivity contribution in [3.8, 4) is 0 Å². The average molecular weight is 385 g/mol. The molecule has 7 heteroatoms. The Morgan fingerprint density at radius 1 is 1.37 bits per heavy atom. The average Bonchev–Trinajstić information content (AvgIpc) is 3.05. The van der Waals surface area contributed by atoms with Gasteiger partial charge in [-0.25, -0.2) is 10.8 Å². The first-order chi connectivity index (χ1) is 13.1. The molecule has 3 N–H and O–H groups in total. The zero-order valence-electron chi connectivity index (χ0n) is 15.6. The van der Waals surface area contributed by atoms with Crippen LogP contribution in [0.15, 0.2) is 35.1 Å². The van der Waals surface area contributed by atoms with E-state index in [0.29, 0.717) is 25.0 Å². The van der Waals surface area contributed by atoms with E-state index in [1.54, 1.807) is 4.57 Å². The molecule has 3 heterocycles. The van der Waals surface area contributed by atoms with Crippen LogP contribution in [-0.4, -0.2) is 15.7 Å². The molecule has 1 aliphatic heterocycles. The van der Waals surface area contributed by atoms with Crippen molar-refractivity contribution in [2.45, 2.75) is 45.9 Å². The SMILES string of the molecule is CC(C)C1Cc2c(sc3nc(NN)n(CCc4ccccc4)c(=O)c23)CO1. The summed E-state index contributed by atoms with van der Waals surface area (Å²) in [7, 11) is 0. The van der Waals surface area contributed by atoms with Crippen molar-refractivity contribution < 1.29 is 4.74 Å². The summed E-state index contributed by atoms with van der Waals surface area (Å²) in [5, 5.41) is 0.732. The number of aryl methyl sites for hydroxylation is 1. The quantitative estimate of drug-likeness (QED) is 0.522. The third-order valence-electron chi connectivity index (χ3n) is 5.17. The normalized spacial score (nSPS) is 16.7. The standard InChI is InChI=1S/C20H24N4O2S/c1-12(2)15-10-14-16(11-26-15)27-18-17(14)19(25)24(20(22-18)23-21)9-8-13-6-4-3-5-7-13/h3-7,12,15H,8-11,21H2,1-2H3,(H,22,23). The van der Waals surface area contributed by atoms with E-state index in [4.69, 9.17) is 10.6 Å². The fraction of sp³-hybridized carbons (Fsp3) is 0.400. The van der Waals surface area contributed by atoms with Crippen LogP contribution in [0.25, 0.3) is 10.2 Å². The minimum atomic E-state index is -0.0224. The predicted molar refractivity (Wildman–Crippen MR) is 109 cm³/mol. The number of hydrogen-bond donors (Lipinski definition) is 2. The van der Waals surface area contributed by atoms with E-state index >= 15 is 0 Å². The van der Waals surface area contributed by atoms with Crippen molar-refractivity contribution in [1.29, 1.82) is 0 Å². The number of fused-ring (bicyclic) bond motifs is 3. The molecule has 27 heavy (non-hydrogen) atoms. The fourth-order valence-corrected chi connectivity index (χ4v) is 4.71. The minimum Gasteiger partial charge on any atom is -0.372 e. The summed E-state index contributed by atoms with van der Waals surface area (Å²) in [5.74, 6) is 6.49. The molecule has 0 saturated heterocycles. The van der Waals surface area contributed by atoms with E-state index < -0.39 is 0 Å². The molecule has 3 aromatic rings. The molecule has 1 unspecified atom stereocenters. The first-order valence-electron chi connectivity index (χ1n) is 9.25. The molecule has 0 bridgehead atoms. The van der Waals surface area contributed by atoms with E-state index in [9.17, 15) is 4.79 Å². The molecular weight excluding hydrogens is 360 g/mol. The van der Waals surface area contributed by atoms with E-state index in [2.05, 4.69) is 36.4 Å². The van der Waals surface area contributed by atoms with Crippen LogP contribution >= 0.6 is 11.3 Å². The number of thiophene rings is 1. The van der Waals surface area contributed by atoms with Crippen LogP contribution in [0.1, 0.15) is 29.9 Å². The molecule has 1 atom stereocenters. The lowest BCUT2D eigenvalue weighted by Crippen LogP contribution is -2.30. The summed E-state index contributed by atoms with van der Waals surface area (Å²) in [6, 6.07) is 10.1. The highest BCUT2D eigenvalue weighted by Gasteiger charge is 2.28. The lowest BCUT2D eigenvalue weighted by molar-refractivity contribution is 0.00200. The Balaban J connectivity index is 1.76. The number of nitrogens with zero attached hydrogens (tertiary/aromatic N) is 2. The molecule has 0 saturated carbocycles. The van der Waals surface area contributed by atoms with Gasteiger partial charge in [-0.05, 0) is 23.5 Å². The van der Waals surface area contributed by atoms with Gasteiger partial charge in [-0.3, -0.25) is 14.8 Å². The number of nitrogen functional groups attached to an aromatic ring is 1. The van der Waals surface area contributed by atoms with Crippen molar-refractivity contribution in [2.24, 2.45) is 11.8 Å². The third-order valence-corrected chi connectivity index (χ3v) is 6.27. The summed E-state index contributed by atoms with van der Waals surface area (Å²) >= 11 is 1.54. The summed E-state index contributed by atoms with van der Waals surface area (Å²) in [5.41, 5.74) is 4.86. The topological polar surface area (TPSA) is 82.2 Å². The smallest absolute Gasteiger partial charge is 0.264 e. The molecule has 0 amide bonds. The van der Waals surface area contributed by atoms with Crippen LogP contribution in [0.4, 0.5) is 5.95 Å². The zero-order valence-corrected chi connectivity index (χ0v) is 16.4. The molecule has 1 aromatic carbocycles.